The Kier molecular flexibility index (Phi) is 6.58. The lowest BCUT2D eigenvalue weighted by Crippen LogP contribution is -2.24. The number of fused-ring (bicyclic) bond motifs is 1. The van der Waals surface area contributed by atoms with E-state index in [2.05, 4.69) is 10.0 Å². The molecule has 11 heteroatoms. The topological polar surface area (TPSA) is 114 Å². The molecule has 3 rings (SSSR count). The van der Waals surface area contributed by atoms with Gasteiger partial charge in [0, 0.05) is 25.3 Å². The number of carbonyl (C=O) groups excluding carboxylic acids is 1. The Morgan fingerprint density at radius 1 is 1.19 bits per heavy atom. The lowest BCUT2D eigenvalue weighted by molar-refractivity contribution is 0.102. The molecule has 0 atom stereocenters. The first-order chi connectivity index (χ1) is 14.6. The number of hydrogen-bond acceptors (Lipinski definition) is 6. The molecular formula is C20H23FN4O5S. The predicted octanol–water partition coefficient (Wildman–Crippen LogP) is 1.85. The van der Waals surface area contributed by atoms with E-state index in [4.69, 9.17) is 4.42 Å². The highest BCUT2D eigenvalue weighted by atomic mass is 32.2. The summed E-state index contributed by atoms with van der Waals surface area (Å²) >= 11 is 0. The van der Waals surface area contributed by atoms with Gasteiger partial charge in [-0.05, 0) is 50.5 Å². The summed E-state index contributed by atoms with van der Waals surface area (Å²) in [7, 11) is -0.106. The Morgan fingerprint density at radius 2 is 1.94 bits per heavy atom. The van der Waals surface area contributed by atoms with E-state index in [9.17, 15) is 22.4 Å². The minimum atomic E-state index is -3.85. The van der Waals surface area contributed by atoms with Crippen LogP contribution in [-0.4, -0.2) is 51.0 Å². The molecule has 166 valence electrons. The molecule has 0 aliphatic rings. The van der Waals surface area contributed by atoms with Gasteiger partial charge in [0.15, 0.2) is 5.58 Å². The fraction of sp³-hybridized carbons (Fsp3) is 0.300. The van der Waals surface area contributed by atoms with E-state index in [0.717, 1.165) is 18.2 Å². The number of oxazole rings is 1. The van der Waals surface area contributed by atoms with Crippen molar-refractivity contribution in [1.29, 1.82) is 0 Å². The number of aromatic nitrogens is 1. The van der Waals surface area contributed by atoms with Crippen molar-refractivity contribution >= 4 is 32.7 Å². The summed E-state index contributed by atoms with van der Waals surface area (Å²) in [4.78, 5) is 26.5. The van der Waals surface area contributed by atoms with Gasteiger partial charge in [0.2, 0.25) is 10.0 Å². The minimum Gasteiger partial charge on any atom is -0.408 e. The number of carbonyl (C=O) groups is 1. The van der Waals surface area contributed by atoms with Crippen LogP contribution >= 0.6 is 0 Å². The molecule has 0 aliphatic carbocycles. The van der Waals surface area contributed by atoms with Crippen molar-refractivity contribution in [3.8, 4) is 0 Å². The number of benzene rings is 2. The lowest BCUT2D eigenvalue weighted by Gasteiger charge is -2.11. The van der Waals surface area contributed by atoms with E-state index in [-0.39, 0.29) is 11.4 Å². The molecule has 3 aromatic rings. The number of halogens is 1. The molecule has 9 nitrogen and oxygen atoms in total. The molecule has 0 unspecified atom stereocenters. The fourth-order valence-corrected chi connectivity index (χ4v) is 4.04. The van der Waals surface area contributed by atoms with Crippen LogP contribution in [0.3, 0.4) is 0 Å². The van der Waals surface area contributed by atoms with Crippen molar-refractivity contribution in [2.24, 2.45) is 0 Å². The molecule has 2 aromatic carbocycles. The average Bonchev–Trinajstić information content (AvgIpc) is 3.00. The highest BCUT2D eigenvalue weighted by Crippen LogP contribution is 2.21. The summed E-state index contributed by atoms with van der Waals surface area (Å²) in [5.74, 6) is -2.20. The zero-order valence-electron chi connectivity index (χ0n) is 17.3. The standard InChI is InChI=1S/C20H23FN4O5S/c1-4-22-31(28,29)14-6-7-16(21)15(12-14)19(26)23-13-5-8-18-17(11-13)25(20(27)30-18)10-9-24(2)3/h5-8,11-12,22H,4,9-10H2,1-3H3,(H,23,26). The van der Waals surface area contributed by atoms with Crippen molar-refractivity contribution in [2.75, 3.05) is 32.5 Å². The number of anilines is 1. The quantitative estimate of drug-likeness (QED) is 0.542. The summed E-state index contributed by atoms with van der Waals surface area (Å²) in [6.45, 7) is 2.75. The average molecular weight is 450 g/mol. The number of hydrogen-bond donors (Lipinski definition) is 2. The van der Waals surface area contributed by atoms with Gasteiger partial charge in [-0.1, -0.05) is 6.92 Å². The molecule has 0 radical (unpaired) electrons. The van der Waals surface area contributed by atoms with Crippen molar-refractivity contribution in [1.82, 2.24) is 14.2 Å². The molecule has 0 fully saturated rings. The SMILES string of the molecule is CCNS(=O)(=O)c1ccc(F)c(C(=O)Nc2ccc3oc(=O)n(CCN(C)C)c3c2)c1. The summed E-state index contributed by atoms with van der Waals surface area (Å²) in [6.07, 6.45) is 0. The normalized spacial score (nSPS) is 11.9. The second kappa shape index (κ2) is 9.00. The fourth-order valence-electron chi connectivity index (χ4n) is 2.97. The summed E-state index contributed by atoms with van der Waals surface area (Å²) < 4.78 is 47.5. The molecule has 0 saturated heterocycles. The molecule has 1 heterocycles. The van der Waals surface area contributed by atoms with Crippen LogP contribution in [0, 0.1) is 5.82 Å². The van der Waals surface area contributed by atoms with Gasteiger partial charge < -0.3 is 14.6 Å². The van der Waals surface area contributed by atoms with E-state index < -0.39 is 33.1 Å². The molecule has 31 heavy (non-hydrogen) atoms. The second-order valence-corrected chi connectivity index (χ2v) is 8.87. The number of nitrogens with zero attached hydrogens (tertiary/aromatic N) is 2. The van der Waals surface area contributed by atoms with E-state index >= 15 is 0 Å². The smallest absolute Gasteiger partial charge is 0.408 e. The molecule has 0 bridgehead atoms. The number of amides is 1. The third-order valence-electron chi connectivity index (χ3n) is 4.52. The van der Waals surface area contributed by atoms with Crippen LogP contribution in [0.2, 0.25) is 0 Å². The van der Waals surface area contributed by atoms with Crippen LogP contribution in [-0.2, 0) is 16.6 Å². The van der Waals surface area contributed by atoms with Gasteiger partial charge in [0.25, 0.3) is 5.91 Å². The Morgan fingerprint density at radius 3 is 2.61 bits per heavy atom. The van der Waals surface area contributed by atoms with Crippen LogP contribution in [0.4, 0.5) is 10.1 Å². The van der Waals surface area contributed by atoms with Gasteiger partial charge in [0.1, 0.15) is 5.82 Å². The van der Waals surface area contributed by atoms with Crippen LogP contribution < -0.4 is 15.8 Å². The molecule has 0 aliphatic heterocycles. The first-order valence-corrected chi connectivity index (χ1v) is 11.0. The molecule has 0 saturated carbocycles. The van der Waals surface area contributed by atoms with Gasteiger partial charge >= 0.3 is 5.76 Å². The Balaban J connectivity index is 1.91. The van der Waals surface area contributed by atoms with E-state index in [1.54, 1.807) is 13.0 Å². The van der Waals surface area contributed by atoms with Crippen molar-refractivity contribution in [2.45, 2.75) is 18.4 Å². The zero-order chi connectivity index (χ0) is 22.8. The zero-order valence-corrected chi connectivity index (χ0v) is 18.1. The maximum absolute atomic E-state index is 14.3. The Labute approximate surface area is 178 Å². The highest BCUT2D eigenvalue weighted by molar-refractivity contribution is 7.89. The Bertz CT molecular complexity index is 1280. The van der Waals surface area contributed by atoms with Gasteiger partial charge in [-0.2, -0.15) is 0 Å². The van der Waals surface area contributed by atoms with E-state index in [1.807, 2.05) is 19.0 Å². The number of sulfonamides is 1. The van der Waals surface area contributed by atoms with Crippen LogP contribution in [0.5, 0.6) is 0 Å². The summed E-state index contributed by atoms with van der Waals surface area (Å²) in [5.41, 5.74) is 0.716. The molecule has 2 N–H and O–H groups in total. The third kappa shape index (κ3) is 5.01. The first kappa shape index (κ1) is 22.7. The molecule has 0 spiro atoms. The first-order valence-electron chi connectivity index (χ1n) is 9.51. The Hall–Kier alpha value is -3.02. The summed E-state index contributed by atoms with van der Waals surface area (Å²) in [5, 5.41) is 2.54. The summed E-state index contributed by atoms with van der Waals surface area (Å²) in [6, 6.07) is 7.58. The molecule has 1 amide bonds. The van der Waals surface area contributed by atoms with Gasteiger partial charge in [-0.15, -0.1) is 0 Å². The van der Waals surface area contributed by atoms with Crippen molar-refractivity contribution in [3.63, 3.8) is 0 Å². The van der Waals surface area contributed by atoms with Crippen LogP contribution in [0.15, 0.2) is 50.5 Å². The predicted molar refractivity (Wildman–Crippen MR) is 114 cm³/mol. The maximum atomic E-state index is 14.3. The molecular weight excluding hydrogens is 427 g/mol. The minimum absolute atomic E-state index is 0.154. The van der Waals surface area contributed by atoms with E-state index in [0.29, 0.717) is 29.9 Å². The van der Waals surface area contributed by atoms with E-state index in [1.165, 1.54) is 16.7 Å². The lowest BCUT2D eigenvalue weighted by atomic mass is 10.2. The van der Waals surface area contributed by atoms with Gasteiger partial charge in [-0.25, -0.2) is 22.3 Å². The van der Waals surface area contributed by atoms with Crippen LogP contribution in [0.1, 0.15) is 17.3 Å². The van der Waals surface area contributed by atoms with Gasteiger partial charge in [0.05, 0.1) is 16.0 Å². The van der Waals surface area contributed by atoms with Crippen molar-refractivity contribution < 1.29 is 22.0 Å². The monoisotopic (exact) mass is 450 g/mol. The van der Waals surface area contributed by atoms with Crippen molar-refractivity contribution in [3.05, 3.63) is 58.3 Å². The number of nitrogens with one attached hydrogen (secondary N) is 2. The van der Waals surface area contributed by atoms with Crippen LogP contribution in [0.25, 0.3) is 11.1 Å². The van der Waals surface area contributed by atoms with Gasteiger partial charge in [-0.3, -0.25) is 9.36 Å². The molecule has 1 aromatic heterocycles. The number of likely N-dealkylation sites (N-methyl/N-ethyl adjacent to an activating group) is 1. The maximum Gasteiger partial charge on any atom is 0.419 e. The third-order valence-corrected chi connectivity index (χ3v) is 6.07. The second-order valence-electron chi connectivity index (χ2n) is 7.10. The largest absolute Gasteiger partial charge is 0.419 e. The highest BCUT2D eigenvalue weighted by Gasteiger charge is 2.19. The number of rotatable bonds is 8.